The third kappa shape index (κ3) is 2.43. The Morgan fingerprint density at radius 1 is 1.85 bits per heavy atom. The Balaban J connectivity index is 2.67. The second kappa shape index (κ2) is 4.45. The number of imidazole rings is 1. The predicted molar refractivity (Wildman–Crippen MR) is 48.4 cm³/mol. The average molecular weight is 180 g/mol. The summed E-state index contributed by atoms with van der Waals surface area (Å²) in [5.74, 6) is 0.326. The Morgan fingerprint density at radius 2 is 2.62 bits per heavy atom. The van der Waals surface area contributed by atoms with Gasteiger partial charge in [0.15, 0.2) is 5.69 Å². The number of esters is 1. The first-order chi connectivity index (χ1) is 6.27. The summed E-state index contributed by atoms with van der Waals surface area (Å²) < 4.78 is 4.77. The molecule has 1 aromatic rings. The lowest BCUT2D eigenvalue weighted by Gasteiger charge is -1.95. The third-order valence-corrected chi connectivity index (χ3v) is 1.45. The maximum atomic E-state index is 11.1. The van der Waals surface area contributed by atoms with Crippen LogP contribution in [0.25, 0.3) is 0 Å². The molecular formula is C9H12N2O2. The molecule has 1 rings (SSSR count). The van der Waals surface area contributed by atoms with E-state index in [1.807, 2.05) is 0 Å². The van der Waals surface area contributed by atoms with Gasteiger partial charge in [-0.1, -0.05) is 6.08 Å². The summed E-state index contributed by atoms with van der Waals surface area (Å²) in [7, 11) is 0. The summed E-state index contributed by atoms with van der Waals surface area (Å²) in [6, 6.07) is 0. The highest BCUT2D eigenvalue weighted by molar-refractivity contribution is 5.86. The van der Waals surface area contributed by atoms with E-state index >= 15 is 0 Å². The summed E-state index contributed by atoms with van der Waals surface area (Å²) in [4.78, 5) is 18.0. The molecule has 4 nitrogen and oxygen atoms in total. The highest BCUT2D eigenvalue weighted by atomic mass is 16.5. The van der Waals surface area contributed by atoms with Crippen molar-refractivity contribution < 1.29 is 9.53 Å². The van der Waals surface area contributed by atoms with E-state index in [9.17, 15) is 4.79 Å². The van der Waals surface area contributed by atoms with Gasteiger partial charge in [-0.15, -0.1) is 6.58 Å². The number of ether oxygens (including phenoxy) is 1. The van der Waals surface area contributed by atoms with Crippen LogP contribution in [0.3, 0.4) is 0 Å². The molecule has 0 fully saturated rings. The molecule has 0 aromatic carbocycles. The fraction of sp³-hybridized carbons (Fsp3) is 0.333. The number of aromatic amines is 1. The maximum absolute atomic E-state index is 11.1. The molecule has 0 saturated carbocycles. The molecule has 0 atom stereocenters. The Bertz CT molecular complexity index is 304. The molecule has 0 aliphatic heterocycles. The van der Waals surface area contributed by atoms with E-state index in [1.54, 1.807) is 13.0 Å². The van der Waals surface area contributed by atoms with E-state index in [0.29, 0.717) is 18.7 Å². The summed E-state index contributed by atoms with van der Waals surface area (Å²) >= 11 is 0. The van der Waals surface area contributed by atoms with Crippen LogP contribution in [0.15, 0.2) is 18.9 Å². The van der Waals surface area contributed by atoms with Gasteiger partial charge in [0.05, 0.1) is 6.61 Å². The summed E-state index contributed by atoms with van der Waals surface area (Å²) in [6.45, 7) is 5.69. The van der Waals surface area contributed by atoms with Crippen LogP contribution in [0.5, 0.6) is 0 Å². The fourth-order valence-corrected chi connectivity index (χ4v) is 0.913. The Labute approximate surface area is 76.6 Å². The quantitative estimate of drug-likeness (QED) is 0.561. The third-order valence-electron chi connectivity index (χ3n) is 1.45. The molecule has 0 radical (unpaired) electrons. The summed E-state index contributed by atoms with van der Waals surface area (Å²) in [5, 5.41) is 0. The Kier molecular flexibility index (Phi) is 3.25. The van der Waals surface area contributed by atoms with Crippen LogP contribution < -0.4 is 0 Å². The molecular weight excluding hydrogens is 168 g/mol. The highest BCUT2D eigenvalue weighted by Crippen LogP contribution is 2.00. The van der Waals surface area contributed by atoms with Crippen molar-refractivity contribution in [2.24, 2.45) is 0 Å². The lowest BCUT2D eigenvalue weighted by molar-refractivity contribution is 0.0520. The van der Waals surface area contributed by atoms with Gasteiger partial charge in [0.1, 0.15) is 5.82 Å². The van der Waals surface area contributed by atoms with Crippen molar-refractivity contribution in [3.05, 3.63) is 30.4 Å². The van der Waals surface area contributed by atoms with Crippen molar-refractivity contribution in [1.82, 2.24) is 9.97 Å². The van der Waals surface area contributed by atoms with Crippen molar-refractivity contribution >= 4 is 5.97 Å². The van der Waals surface area contributed by atoms with Crippen LogP contribution in [0.1, 0.15) is 23.2 Å². The number of nitrogens with zero attached hydrogens (tertiary/aromatic N) is 1. The average Bonchev–Trinajstić information content (AvgIpc) is 2.54. The molecule has 0 spiro atoms. The molecule has 70 valence electrons. The number of allylic oxidation sites excluding steroid dienone is 1. The SMILES string of the molecule is C=CCc1nc(C(=O)OCC)c[nH]1. The number of carbonyl (C=O) groups excluding carboxylic acids is 1. The minimum atomic E-state index is -0.394. The minimum Gasteiger partial charge on any atom is -0.461 e. The van der Waals surface area contributed by atoms with Gasteiger partial charge >= 0.3 is 5.97 Å². The van der Waals surface area contributed by atoms with Gasteiger partial charge in [0, 0.05) is 12.6 Å². The van der Waals surface area contributed by atoms with Crippen LogP contribution in [0, 0.1) is 0 Å². The standard InChI is InChI=1S/C9H12N2O2/c1-3-5-8-10-6-7(11-8)9(12)13-4-2/h3,6H,1,4-5H2,2H3,(H,10,11). The van der Waals surface area contributed by atoms with Gasteiger partial charge in [-0.25, -0.2) is 9.78 Å². The predicted octanol–water partition coefficient (Wildman–Crippen LogP) is 1.31. The van der Waals surface area contributed by atoms with Gasteiger partial charge in [-0.05, 0) is 6.92 Å². The van der Waals surface area contributed by atoms with E-state index in [0.717, 1.165) is 5.82 Å². The summed E-state index contributed by atoms with van der Waals surface area (Å²) in [6.07, 6.45) is 3.88. The molecule has 0 unspecified atom stereocenters. The number of hydrogen-bond donors (Lipinski definition) is 1. The maximum Gasteiger partial charge on any atom is 0.358 e. The highest BCUT2D eigenvalue weighted by Gasteiger charge is 2.09. The number of rotatable bonds is 4. The van der Waals surface area contributed by atoms with Crippen LogP contribution in [-0.2, 0) is 11.2 Å². The number of hydrogen-bond acceptors (Lipinski definition) is 3. The molecule has 0 bridgehead atoms. The van der Waals surface area contributed by atoms with E-state index in [4.69, 9.17) is 4.74 Å². The topological polar surface area (TPSA) is 55.0 Å². The lowest BCUT2D eigenvalue weighted by Crippen LogP contribution is -2.04. The molecule has 0 saturated heterocycles. The number of aromatic nitrogens is 2. The van der Waals surface area contributed by atoms with Crippen molar-refractivity contribution in [2.75, 3.05) is 6.61 Å². The van der Waals surface area contributed by atoms with E-state index in [-0.39, 0.29) is 0 Å². The number of nitrogens with one attached hydrogen (secondary N) is 1. The van der Waals surface area contributed by atoms with Crippen molar-refractivity contribution in [2.45, 2.75) is 13.3 Å². The van der Waals surface area contributed by atoms with Crippen LogP contribution in [0.2, 0.25) is 0 Å². The largest absolute Gasteiger partial charge is 0.461 e. The van der Waals surface area contributed by atoms with Gasteiger partial charge in [-0.2, -0.15) is 0 Å². The van der Waals surface area contributed by atoms with Gasteiger partial charge in [0.25, 0.3) is 0 Å². The summed E-state index contributed by atoms with van der Waals surface area (Å²) in [5.41, 5.74) is 0.318. The number of carbonyl (C=O) groups is 1. The minimum absolute atomic E-state index is 0.318. The van der Waals surface area contributed by atoms with Crippen LogP contribution in [0.4, 0.5) is 0 Å². The first-order valence-electron chi connectivity index (χ1n) is 4.10. The van der Waals surface area contributed by atoms with E-state index < -0.39 is 5.97 Å². The van der Waals surface area contributed by atoms with E-state index in [1.165, 1.54) is 6.20 Å². The second-order valence-corrected chi connectivity index (χ2v) is 2.45. The first-order valence-corrected chi connectivity index (χ1v) is 4.10. The molecule has 4 heteroatoms. The molecule has 13 heavy (non-hydrogen) atoms. The molecule has 1 heterocycles. The molecule has 0 aliphatic carbocycles. The normalized spacial score (nSPS) is 9.62. The smallest absolute Gasteiger partial charge is 0.358 e. The number of H-pyrrole nitrogens is 1. The lowest BCUT2D eigenvalue weighted by atomic mass is 10.4. The Hall–Kier alpha value is -1.58. The monoisotopic (exact) mass is 180 g/mol. The zero-order chi connectivity index (χ0) is 9.68. The van der Waals surface area contributed by atoms with Crippen molar-refractivity contribution in [3.8, 4) is 0 Å². The Morgan fingerprint density at radius 3 is 3.23 bits per heavy atom. The van der Waals surface area contributed by atoms with Crippen molar-refractivity contribution in [1.29, 1.82) is 0 Å². The first kappa shape index (κ1) is 9.51. The van der Waals surface area contributed by atoms with Gasteiger partial charge in [-0.3, -0.25) is 0 Å². The van der Waals surface area contributed by atoms with Gasteiger partial charge < -0.3 is 9.72 Å². The molecule has 0 amide bonds. The molecule has 1 N–H and O–H groups in total. The zero-order valence-corrected chi connectivity index (χ0v) is 7.54. The fourth-order valence-electron chi connectivity index (χ4n) is 0.913. The molecule has 1 aromatic heterocycles. The molecule has 0 aliphatic rings. The van der Waals surface area contributed by atoms with Gasteiger partial charge in [0.2, 0.25) is 0 Å². The zero-order valence-electron chi connectivity index (χ0n) is 7.54. The second-order valence-electron chi connectivity index (χ2n) is 2.45. The van der Waals surface area contributed by atoms with Crippen LogP contribution in [-0.4, -0.2) is 22.5 Å². The van der Waals surface area contributed by atoms with Crippen molar-refractivity contribution in [3.63, 3.8) is 0 Å². The van der Waals surface area contributed by atoms with E-state index in [2.05, 4.69) is 16.5 Å². The van der Waals surface area contributed by atoms with Crippen LogP contribution >= 0.6 is 0 Å².